The maximum atomic E-state index is 3.72. The molecule has 0 saturated carbocycles. The van der Waals surface area contributed by atoms with Gasteiger partial charge < -0.3 is 5.32 Å². The van der Waals surface area contributed by atoms with Crippen LogP contribution in [0, 0.1) is 0 Å². The lowest BCUT2D eigenvalue weighted by Gasteiger charge is -2.24. The second-order valence-electron chi connectivity index (χ2n) is 11.4. The Morgan fingerprint density at radius 3 is 2.32 bits per heavy atom. The number of hydrogen-bond acceptors (Lipinski definition) is 2. The third-order valence-corrected chi connectivity index (χ3v) is 9.51. The van der Waals surface area contributed by atoms with Crippen LogP contribution in [0.2, 0.25) is 0 Å². The molecule has 3 aromatic rings. The normalized spacial score (nSPS) is 20.9. The van der Waals surface area contributed by atoms with Crippen molar-refractivity contribution >= 4 is 23.0 Å². The summed E-state index contributed by atoms with van der Waals surface area (Å²) in [5.74, 6) is 0.407. The molecule has 1 nitrogen and oxygen atoms in total. The number of thioether (sulfide) groups is 1. The predicted molar refractivity (Wildman–Crippen MR) is 183 cm³/mol. The molecule has 0 amide bonds. The average molecular weight is 562 g/mol. The van der Waals surface area contributed by atoms with E-state index in [2.05, 4.69) is 144 Å². The quantitative estimate of drug-likeness (QED) is 0.321. The van der Waals surface area contributed by atoms with Gasteiger partial charge in [0.1, 0.15) is 0 Å². The van der Waals surface area contributed by atoms with Crippen LogP contribution in [0.5, 0.6) is 0 Å². The van der Waals surface area contributed by atoms with E-state index >= 15 is 0 Å². The van der Waals surface area contributed by atoms with Gasteiger partial charge in [-0.3, -0.25) is 0 Å². The summed E-state index contributed by atoms with van der Waals surface area (Å²) in [6.45, 7) is 17.8. The van der Waals surface area contributed by atoms with Crippen molar-refractivity contribution in [3.8, 4) is 0 Å². The SMILES string of the molecule is CC.CC/C(=C\C1=C(C)c2ccccc2C1(C)C)Nc1ccc(Cc2cccc3c2SC(C)/C=C\C=C/C3C)cc1. The summed E-state index contributed by atoms with van der Waals surface area (Å²) in [7, 11) is 0. The fraction of sp³-hybridized carbons (Fsp3) is 0.333. The maximum absolute atomic E-state index is 3.72. The molecule has 1 heterocycles. The molecule has 0 aromatic heterocycles. The van der Waals surface area contributed by atoms with Crippen molar-refractivity contribution in [1.29, 1.82) is 0 Å². The summed E-state index contributed by atoms with van der Waals surface area (Å²) in [5, 5.41) is 4.17. The number of allylic oxidation sites excluding steroid dienone is 7. The van der Waals surface area contributed by atoms with E-state index in [1.165, 1.54) is 49.6 Å². The van der Waals surface area contributed by atoms with Gasteiger partial charge in [-0.15, -0.1) is 11.8 Å². The Hall–Kier alpha value is -3.23. The van der Waals surface area contributed by atoms with Crippen LogP contribution in [0.25, 0.3) is 5.57 Å². The predicted octanol–water partition coefficient (Wildman–Crippen LogP) is 11.5. The van der Waals surface area contributed by atoms with Crippen molar-refractivity contribution in [3.63, 3.8) is 0 Å². The zero-order valence-electron chi connectivity index (χ0n) is 26.2. The average Bonchev–Trinajstić information content (AvgIpc) is 3.21. The Balaban J connectivity index is 0.00000189. The Morgan fingerprint density at radius 1 is 0.902 bits per heavy atom. The number of benzene rings is 3. The minimum Gasteiger partial charge on any atom is -0.359 e. The summed E-state index contributed by atoms with van der Waals surface area (Å²) in [5.41, 5.74) is 12.2. The molecule has 0 bridgehead atoms. The van der Waals surface area contributed by atoms with Gasteiger partial charge in [-0.1, -0.05) is 120 Å². The van der Waals surface area contributed by atoms with Crippen molar-refractivity contribution in [2.45, 2.75) is 89.7 Å². The molecule has 5 rings (SSSR count). The third kappa shape index (κ3) is 6.81. The minimum atomic E-state index is 0.0109. The second-order valence-corrected chi connectivity index (χ2v) is 12.8. The highest BCUT2D eigenvalue weighted by molar-refractivity contribution is 8.00. The molecule has 1 aliphatic carbocycles. The number of nitrogens with one attached hydrogen (secondary N) is 1. The first-order chi connectivity index (χ1) is 19.8. The standard InChI is InChI=1S/C37H41NS.C2H6/c1-7-30(24-35-27(4)33-16-10-11-18-34(33)37(35,5)6)38-31-21-19-28(20-22-31)23-29-15-12-17-32-25(2)13-8-9-14-26(3)39-36(29)32;1-2/h8-22,24-26,38H,7,23H2,1-6H3;1-2H3/b13-8-,14-9-,30-24+;. The van der Waals surface area contributed by atoms with Gasteiger partial charge >= 0.3 is 0 Å². The molecule has 41 heavy (non-hydrogen) atoms. The lowest BCUT2D eigenvalue weighted by Crippen LogP contribution is -2.17. The first kappa shape index (κ1) is 30.7. The van der Waals surface area contributed by atoms with Crippen LogP contribution < -0.4 is 5.32 Å². The Bertz CT molecular complexity index is 1470. The molecule has 2 atom stereocenters. The van der Waals surface area contributed by atoms with Crippen LogP contribution >= 0.6 is 11.8 Å². The molecule has 0 spiro atoms. The van der Waals surface area contributed by atoms with E-state index < -0.39 is 0 Å². The zero-order valence-corrected chi connectivity index (χ0v) is 27.0. The topological polar surface area (TPSA) is 12.0 Å². The zero-order chi connectivity index (χ0) is 29.6. The fourth-order valence-electron chi connectivity index (χ4n) is 5.94. The van der Waals surface area contributed by atoms with E-state index in [1.807, 2.05) is 25.6 Å². The number of hydrogen-bond donors (Lipinski definition) is 1. The van der Waals surface area contributed by atoms with Crippen molar-refractivity contribution < 1.29 is 0 Å². The van der Waals surface area contributed by atoms with Crippen LogP contribution in [0.3, 0.4) is 0 Å². The summed E-state index contributed by atoms with van der Waals surface area (Å²) < 4.78 is 0. The van der Waals surface area contributed by atoms with E-state index in [-0.39, 0.29) is 5.41 Å². The van der Waals surface area contributed by atoms with E-state index in [1.54, 1.807) is 0 Å². The highest BCUT2D eigenvalue weighted by Gasteiger charge is 2.34. The Kier molecular flexibility index (Phi) is 10.2. The Labute approximate surface area is 253 Å². The molecule has 2 aliphatic rings. The molecule has 1 N–H and O–H groups in total. The molecule has 2 unspecified atom stereocenters. The number of anilines is 1. The van der Waals surface area contributed by atoms with Crippen molar-refractivity contribution in [3.05, 3.63) is 136 Å². The molecule has 0 fully saturated rings. The van der Waals surface area contributed by atoms with Crippen LogP contribution in [0.1, 0.15) is 95.5 Å². The minimum absolute atomic E-state index is 0.0109. The van der Waals surface area contributed by atoms with Crippen molar-refractivity contribution in [1.82, 2.24) is 0 Å². The van der Waals surface area contributed by atoms with Gasteiger partial charge in [0.15, 0.2) is 0 Å². The molecule has 1 aliphatic heterocycles. The molecular formula is C39H47NS. The van der Waals surface area contributed by atoms with E-state index in [9.17, 15) is 0 Å². The first-order valence-electron chi connectivity index (χ1n) is 15.3. The smallest absolute Gasteiger partial charge is 0.0381 e. The van der Waals surface area contributed by atoms with Crippen LogP contribution in [-0.4, -0.2) is 5.25 Å². The molecular weight excluding hydrogens is 515 g/mol. The van der Waals surface area contributed by atoms with Gasteiger partial charge in [-0.25, -0.2) is 0 Å². The molecule has 2 heteroatoms. The fourth-order valence-corrected chi connectivity index (χ4v) is 7.16. The molecule has 0 radical (unpaired) electrons. The summed E-state index contributed by atoms with van der Waals surface area (Å²) in [6, 6.07) is 24.7. The number of fused-ring (bicyclic) bond motifs is 2. The van der Waals surface area contributed by atoms with Gasteiger partial charge in [0.25, 0.3) is 0 Å². The molecule has 214 valence electrons. The highest BCUT2D eigenvalue weighted by Crippen LogP contribution is 2.47. The van der Waals surface area contributed by atoms with Crippen LogP contribution in [-0.2, 0) is 11.8 Å². The second kappa shape index (κ2) is 13.6. The van der Waals surface area contributed by atoms with E-state index in [0.717, 1.165) is 18.5 Å². The van der Waals surface area contributed by atoms with Crippen LogP contribution in [0.15, 0.2) is 113 Å². The highest BCUT2D eigenvalue weighted by atomic mass is 32.2. The van der Waals surface area contributed by atoms with Gasteiger partial charge in [0, 0.05) is 32.9 Å². The van der Waals surface area contributed by atoms with Crippen molar-refractivity contribution in [2.24, 2.45) is 0 Å². The summed E-state index contributed by atoms with van der Waals surface area (Å²) in [4.78, 5) is 1.44. The summed E-state index contributed by atoms with van der Waals surface area (Å²) in [6.07, 6.45) is 13.3. The monoisotopic (exact) mass is 561 g/mol. The number of rotatable bonds is 6. The van der Waals surface area contributed by atoms with Crippen LogP contribution in [0.4, 0.5) is 5.69 Å². The first-order valence-corrected chi connectivity index (χ1v) is 16.2. The Morgan fingerprint density at radius 2 is 1.61 bits per heavy atom. The lowest BCUT2D eigenvalue weighted by molar-refractivity contribution is 0.652. The molecule has 0 saturated heterocycles. The maximum Gasteiger partial charge on any atom is 0.0381 e. The van der Waals surface area contributed by atoms with Gasteiger partial charge in [0.2, 0.25) is 0 Å². The lowest BCUT2D eigenvalue weighted by atomic mass is 9.80. The summed E-state index contributed by atoms with van der Waals surface area (Å²) >= 11 is 1.98. The largest absolute Gasteiger partial charge is 0.359 e. The van der Waals surface area contributed by atoms with Crippen molar-refractivity contribution in [2.75, 3.05) is 5.32 Å². The third-order valence-electron chi connectivity index (χ3n) is 8.25. The van der Waals surface area contributed by atoms with Gasteiger partial charge in [-0.05, 0) is 83.9 Å². The van der Waals surface area contributed by atoms with E-state index in [0.29, 0.717) is 11.2 Å². The van der Waals surface area contributed by atoms with Gasteiger partial charge in [0.05, 0.1) is 0 Å². The molecule has 3 aromatic carbocycles. The van der Waals surface area contributed by atoms with E-state index in [4.69, 9.17) is 0 Å². The van der Waals surface area contributed by atoms with Gasteiger partial charge in [-0.2, -0.15) is 0 Å².